The van der Waals surface area contributed by atoms with Crippen molar-refractivity contribution in [1.29, 1.82) is 0 Å². The molecule has 14 heavy (non-hydrogen) atoms. The van der Waals surface area contributed by atoms with Gasteiger partial charge in [-0.25, -0.2) is 0 Å². The van der Waals surface area contributed by atoms with Crippen molar-refractivity contribution in [2.75, 3.05) is 6.61 Å². The molecule has 2 aliphatic rings. The number of hydrogen-bond donors (Lipinski definition) is 2. The van der Waals surface area contributed by atoms with Crippen LogP contribution in [0.4, 0.5) is 0 Å². The predicted octanol–water partition coefficient (Wildman–Crippen LogP) is 1.93. The molecule has 0 aromatic rings. The van der Waals surface area contributed by atoms with Crippen LogP contribution >= 0.6 is 0 Å². The number of aliphatic hydroxyl groups is 1. The molecule has 0 aromatic carbocycles. The highest BCUT2D eigenvalue weighted by Gasteiger charge is 2.40. The molecule has 0 aliphatic heterocycles. The predicted molar refractivity (Wildman–Crippen MR) is 58.2 cm³/mol. The van der Waals surface area contributed by atoms with Crippen LogP contribution in [-0.2, 0) is 0 Å². The lowest BCUT2D eigenvalue weighted by atomic mass is 9.67. The van der Waals surface area contributed by atoms with E-state index in [-0.39, 0.29) is 0 Å². The van der Waals surface area contributed by atoms with Crippen molar-refractivity contribution in [3.8, 4) is 0 Å². The average molecular weight is 197 g/mol. The summed E-state index contributed by atoms with van der Waals surface area (Å²) in [6.07, 6.45) is 6.43. The van der Waals surface area contributed by atoms with Crippen LogP contribution < -0.4 is 5.32 Å². The first-order chi connectivity index (χ1) is 6.63. The van der Waals surface area contributed by atoms with Gasteiger partial charge >= 0.3 is 0 Å². The third-order valence-corrected chi connectivity index (χ3v) is 4.33. The molecule has 2 heteroatoms. The second kappa shape index (κ2) is 3.82. The summed E-state index contributed by atoms with van der Waals surface area (Å²) < 4.78 is 0. The standard InChI is InChI=1S/C12H23NO/c1-12(2)7-6-11(12)13-10-5-3-4-9(10)8-14/h9-11,13-14H,3-8H2,1-2H3. The van der Waals surface area contributed by atoms with E-state index in [0.29, 0.717) is 30.0 Å². The monoisotopic (exact) mass is 197 g/mol. The first-order valence-electron chi connectivity index (χ1n) is 6.00. The van der Waals surface area contributed by atoms with Crippen molar-refractivity contribution >= 4 is 0 Å². The van der Waals surface area contributed by atoms with Crippen molar-refractivity contribution in [2.45, 2.75) is 58.0 Å². The van der Waals surface area contributed by atoms with Crippen LogP contribution in [0.2, 0.25) is 0 Å². The summed E-state index contributed by atoms with van der Waals surface area (Å²) >= 11 is 0. The van der Waals surface area contributed by atoms with Gasteiger partial charge in [-0.15, -0.1) is 0 Å². The summed E-state index contributed by atoms with van der Waals surface area (Å²) in [6, 6.07) is 1.28. The number of hydrogen-bond acceptors (Lipinski definition) is 2. The Bertz CT molecular complexity index is 202. The van der Waals surface area contributed by atoms with Crippen LogP contribution in [0.5, 0.6) is 0 Å². The summed E-state index contributed by atoms with van der Waals surface area (Å²) in [5.74, 6) is 0.520. The topological polar surface area (TPSA) is 32.3 Å². The Balaban J connectivity index is 1.85. The molecule has 3 unspecified atom stereocenters. The van der Waals surface area contributed by atoms with Crippen LogP contribution in [0.25, 0.3) is 0 Å². The molecule has 0 radical (unpaired) electrons. The van der Waals surface area contributed by atoms with E-state index in [1.54, 1.807) is 0 Å². The summed E-state index contributed by atoms with van der Waals surface area (Å²) in [7, 11) is 0. The van der Waals surface area contributed by atoms with E-state index >= 15 is 0 Å². The van der Waals surface area contributed by atoms with E-state index in [2.05, 4.69) is 19.2 Å². The smallest absolute Gasteiger partial charge is 0.0474 e. The number of rotatable bonds is 3. The maximum absolute atomic E-state index is 9.23. The van der Waals surface area contributed by atoms with Gasteiger partial charge in [0, 0.05) is 18.7 Å². The summed E-state index contributed by atoms with van der Waals surface area (Å²) in [5, 5.41) is 13.0. The van der Waals surface area contributed by atoms with Crippen molar-refractivity contribution < 1.29 is 5.11 Å². The highest BCUT2D eigenvalue weighted by molar-refractivity contribution is 4.97. The zero-order valence-corrected chi connectivity index (χ0v) is 9.42. The minimum absolute atomic E-state index is 0.366. The first kappa shape index (κ1) is 10.4. The van der Waals surface area contributed by atoms with Gasteiger partial charge in [-0.05, 0) is 37.0 Å². The molecule has 2 nitrogen and oxygen atoms in total. The van der Waals surface area contributed by atoms with Gasteiger partial charge in [0.05, 0.1) is 0 Å². The molecule has 2 aliphatic carbocycles. The zero-order chi connectivity index (χ0) is 10.2. The lowest BCUT2D eigenvalue weighted by molar-refractivity contribution is 0.0844. The van der Waals surface area contributed by atoms with Crippen LogP contribution in [0.3, 0.4) is 0 Å². The third-order valence-electron chi connectivity index (χ3n) is 4.33. The van der Waals surface area contributed by atoms with Crippen molar-refractivity contribution in [3.05, 3.63) is 0 Å². The van der Waals surface area contributed by atoms with E-state index in [0.717, 1.165) is 0 Å². The van der Waals surface area contributed by atoms with Crippen LogP contribution in [-0.4, -0.2) is 23.8 Å². The Morgan fingerprint density at radius 3 is 2.57 bits per heavy atom. The van der Waals surface area contributed by atoms with E-state index < -0.39 is 0 Å². The molecule has 0 bridgehead atoms. The molecule has 2 rings (SSSR count). The molecule has 0 spiro atoms. The van der Waals surface area contributed by atoms with E-state index in [4.69, 9.17) is 0 Å². The minimum atomic E-state index is 0.366. The Kier molecular flexibility index (Phi) is 2.85. The third kappa shape index (κ3) is 1.82. The van der Waals surface area contributed by atoms with Crippen molar-refractivity contribution in [3.63, 3.8) is 0 Å². The molecule has 3 atom stereocenters. The molecule has 0 heterocycles. The molecule has 2 N–H and O–H groups in total. The maximum Gasteiger partial charge on any atom is 0.0474 e. The van der Waals surface area contributed by atoms with Crippen LogP contribution in [0.15, 0.2) is 0 Å². The largest absolute Gasteiger partial charge is 0.396 e. The van der Waals surface area contributed by atoms with Gasteiger partial charge < -0.3 is 10.4 Å². The Labute approximate surface area is 87.1 Å². The Hall–Kier alpha value is -0.0800. The van der Waals surface area contributed by atoms with Crippen molar-refractivity contribution in [1.82, 2.24) is 5.32 Å². The van der Waals surface area contributed by atoms with Gasteiger partial charge in [-0.2, -0.15) is 0 Å². The van der Waals surface area contributed by atoms with E-state index in [9.17, 15) is 5.11 Å². The summed E-state index contributed by atoms with van der Waals surface area (Å²) in [6.45, 7) is 5.05. The van der Waals surface area contributed by atoms with E-state index in [1.165, 1.54) is 32.1 Å². The molecule has 2 fully saturated rings. The molecular weight excluding hydrogens is 174 g/mol. The fourth-order valence-electron chi connectivity index (χ4n) is 2.91. The SMILES string of the molecule is CC1(C)CCC1NC1CCCC1CO. The van der Waals surface area contributed by atoms with Gasteiger partial charge in [0.2, 0.25) is 0 Å². The molecule has 0 amide bonds. The summed E-state index contributed by atoms with van der Waals surface area (Å²) in [5.41, 5.74) is 0.489. The van der Waals surface area contributed by atoms with Gasteiger partial charge in [-0.3, -0.25) is 0 Å². The normalized spacial score (nSPS) is 40.9. The Morgan fingerprint density at radius 2 is 2.07 bits per heavy atom. The van der Waals surface area contributed by atoms with Gasteiger partial charge in [0.15, 0.2) is 0 Å². The number of nitrogens with one attached hydrogen (secondary N) is 1. The fourth-order valence-corrected chi connectivity index (χ4v) is 2.91. The van der Waals surface area contributed by atoms with Gasteiger partial charge in [-0.1, -0.05) is 20.3 Å². The zero-order valence-electron chi connectivity index (χ0n) is 9.42. The molecule has 0 aromatic heterocycles. The molecule has 82 valence electrons. The van der Waals surface area contributed by atoms with Crippen molar-refractivity contribution in [2.24, 2.45) is 11.3 Å². The quantitative estimate of drug-likeness (QED) is 0.724. The van der Waals surface area contributed by atoms with Crippen LogP contribution in [0.1, 0.15) is 46.0 Å². The summed E-state index contributed by atoms with van der Waals surface area (Å²) in [4.78, 5) is 0. The molecular formula is C12H23NO. The van der Waals surface area contributed by atoms with Gasteiger partial charge in [0.1, 0.15) is 0 Å². The lowest BCUT2D eigenvalue weighted by Gasteiger charge is -2.47. The fraction of sp³-hybridized carbons (Fsp3) is 1.00. The Morgan fingerprint density at radius 1 is 1.29 bits per heavy atom. The molecule has 0 saturated heterocycles. The first-order valence-corrected chi connectivity index (χ1v) is 6.00. The second-order valence-electron chi connectivity index (χ2n) is 5.73. The number of aliphatic hydroxyl groups excluding tert-OH is 1. The molecule has 2 saturated carbocycles. The lowest BCUT2D eigenvalue weighted by Crippen LogP contribution is -2.54. The van der Waals surface area contributed by atoms with Gasteiger partial charge in [0.25, 0.3) is 0 Å². The second-order valence-corrected chi connectivity index (χ2v) is 5.73. The van der Waals surface area contributed by atoms with Crippen LogP contribution in [0, 0.1) is 11.3 Å². The minimum Gasteiger partial charge on any atom is -0.396 e. The maximum atomic E-state index is 9.23. The highest BCUT2D eigenvalue weighted by atomic mass is 16.3. The average Bonchev–Trinajstić information content (AvgIpc) is 2.59. The highest BCUT2D eigenvalue weighted by Crippen LogP contribution is 2.41. The van der Waals surface area contributed by atoms with E-state index in [1.807, 2.05) is 0 Å².